The van der Waals surface area contributed by atoms with E-state index >= 15 is 0 Å². The maximum absolute atomic E-state index is 13.0. The minimum Gasteiger partial charge on any atom is -0.496 e. The molecule has 138 valence electrons. The molecule has 1 unspecified atom stereocenters. The summed E-state index contributed by atoms with van der Waals surface area (Å²) in [4.78, 5) is 13.0. The van der Waals surface area contributed by atoms with Gasteiger partial charge in [-0.2, -0.15) is 11.1 Å². The third kappa shape index (κ3) is 4.39. The molecule has 1 amide bonds. The van der Waals surface area contributed by atoms with E-state index in [0.29, 0.717) is 6.42 Å². The Morgan fingerprint density at radius 2 is 1.81 bits per heavy atom. The van der Waals surface area contributed by atoms with Gasteiger partial charge in [-0.3, -0.25) is 4.79 Å². The summed E-state index contributed by atoms with van der Waals surface area (Å²) in [5, 5.41) is 3.01. The molecule has 26 heavy (non-hydrogen) atoms. The summed E-state index contributed by atoms with van der Waals surface area (Å²) in [7, 11) is 1.64. The molecule has 0 saturated carbocycles. The van der Waals surface area contributed by atoms with Gasteiger partial charge < -0.3 is 10.1 Å². The average molecular weight is 355 g/mol. The number of rotatable bonds is 7. The van der Waals surface area contributed by atoms with Crippen LogP contribution >= 0.6 is 0 Å². The Bertz CT molecular complexity index is 729. The van der Waals surface area contributed by atoms with Gasteiger partial charge in [0.25, 0.3) is 0 Å². The third-order valence-corrected chi connectivity index (χ3v) is 4.52. The molecule has 5 N–H and O–H groups in total. The van der Waals surface area contributed by atoms with Crippen LogP contribution in [0.15, 0.2) is 48.5 Å². The molecule has 1 atom stereocenters. The minimum atomic E-state index is -0.361. The number of anilines is 1. The second kappa shape index (κ2) is 8.77. The van der Waals surface area contributed by atoms with E-state index in [1.54, 1.807) is 7.11 Å². The fourth-order valence-corrected chi connectivity index (χ4v) is 2.99. The molecule has 2 aromatic carbocycles. The SMILES string of the molecule is CCc1ccc(NC(=O)C(Cc2ccccc2OC)C2NNNN2)cc1. The van der Waals surface area contributed by atoms with Crippen molar-refractivity contribution in [3.63, 3.8) is 0 Å². The maximum Gasteiger partial charge on any atom is 0.230 e. The molecule has 3 rings (SSSR count). The molecule has 1 aliphatic heterocycles. The second-order valence-electron chi connectivity index (χ2n) is 6.18. The van der Waals surface area contributed by atoms with E-state index in [0.717, 1.165) is 23.4 Å². The zero-order valence-corrected chi connectivity index (χ0v) is 15.0. The second-order valence-corrected chi connectivity index (χ2v) is 6.18. The smallest absolute Gasteiger partial charge is 0.230 e. The van der Waals surface area contributed by atoms with Crippen LogP contribution in [0, 0.1) is 5.92 Å². The Labute approximate surface area is 153 Å². The highest BCUT2D eigenvalue weighted by atomic mass is 16.5. The number of hydrogen-bond acceptors (Lipinski definition) is 6. The standard InChI is InChI=1S/C19H25N5O2/c1-3-13-8-10-15(11-9-13)20-19(25)16(18-21-23-24-22-18)12-14-6-4-5-7-17(14)26-2/h4-11,16,18,21-24H,3,12H2,1-2H3,(H,20,25). The van der Waals surface area contributed by atoms with Crippen LogP contribution in [0.25, 0.3) is 0 Å². The normalized spacial score (nSPS) is 15.6. The third-order valence-electron chi connectivity index (χ3n) is 4.52. The Kier molecular flexibility index (Phi) is 6.19. The first-order valence-corrected chi connectivity index (χ1v) is 8.74. The van der Waals surface area contributed by atoms with E-state index in [2.05, 4.69) is 34.2 Å². The van der Waals surface area contributed by atoms with Crippen molar-refractivity contribution in [3.05, 3.63) is 59.7 Å². The summed E-state index contributed by atoms with van der Waals surface area (Å²) in [6.07, 6.45) is 1.23. The zero-order valence-electron chi connectivity index (χ0n) is 15.0. The lowest BCUT2D eigenvalue weighted by Crippen LogP contribution is -2.47. The van der Waals surface area contributed by atoms with Gasteiger partial charge in [-0.25, -0.2) is 10.9 Å². The number of methoxy groups -OCH3 is 1. The number of carbonyl (C=O) groups excluding carboxylic acids is 1. The van der Waals surface area contributed by atoms with Gasteiger partial charge in [0.15, 0.2) is 0 Å². The lowest BCUT2D eigenvalue weighted by Gasteiger charge is -2.23. The van der Waals surface area contributed by atoms with Crippen molar-refractivity contribution in [1.82, 2.24) is 21.9 Å². The zero-order chi connectivity index (χ0) is 18.4. The van der Waals surface area contributed by atoms with Crippen molar-refractivity contribution in [2.24, 2.45) is 5.92 Å². The molecule has 0 radical (unpaired) electrons. The number of nitrogens with one attached hydrogen (secondary N) is 5. The first-order valence-electron chi connectivity index (χ1n) is 8.74. The predicted molar refractivity (Wildman–Crippen MR) is 101 cm³/mol. The molecule has 1 heterocycles. The highest BCUT2D eigenvalue weighted by molar-refractivity contribution is 5.93. The van der Waals surface area contributed by atoms with E-state index in [1.807, 2.05) is 48.5 Å². The van der Waals surface area contributed by atoms with Gasteiger partial charge in [-0.1, -0.05) is 37.3 Å². The molecular formula is C19H25N5O2. The van der Waals surface area contributed by atoms with Crippen molar-refractivity contribution in [2.75, 3.05) is 12.4 Å². The molecule has 1 saturated heterocycles. The molecule has 0 aromatic heterocycles. The number of amides is 1. The van der Waals surface area contributed by atoms with Gasteiger partial charge in [-0.05, 0) is 42.2 Å². The molecule has 0 aliphatic carbocycles. The fourth-order valence-electron chi connectivity index (χ4n) is 2.99. The van der Waals surface area contributed by atoms with E-state index in [4.69, 9.17) is 4.74 Å². The largest absolute Gasteiger partial charge is 0.496 e. The van der Waals surface area contributed by atoms with Crippen LogP contribution in [0.2, 0.25) is 0 Å². The van der Waals surface area contributed by atoms with Gasteiger partial charge in [0.2, 0.25) is 5.91 Å². The Morgan fingerprint density at radius 1 is 1.12 bits per heavy atom. The number of benzene rings is 2. The van der Waals surface area contributed by atoms with Gasteiger partial charge in [0.05, 0.1) is 19.2 Å². The molecule has 2 aromatic rings. The highest BCUT2D eigenvalue weighted by Crippen LogP contribution is 2.23. The average Bonchev–Trinajstić information content (AvgIpc) is 3.21. The summed E-state index contributed by atoms with van der Waals surface area (Å²) in [5.41, 5.74) is 14.6. The summed E-state index contributed by atoms with van der Waals surface area (Å²) in [6, 6.07) is 15.7. The highest BCUT2D eigenvalue weighted by Gasteiger charge is 2.31. The van der Waals surface area contributed by atoms with Gasteiger partial charge >= 0.3 is 0 Å². The number of ether oxygens (including phenoxy) is 1. The topological polar surface area (TPSA) is 86.5 Å². The fraction of sp³-hybridized carbons (Fsp3) is 0.316. The van der Waals surface area contributed by atoms with Crippen molar-refractivity contribution in [2.45, 2.75) is 25.9 Å². The van der Waals surface area contributed by atoms with Crippen LogP contribution < -0.4 is 32.0 Å². The van der Waals surface area contributed by atoms with Crippen molar-refractivity contribution in [3.8, 4) is 5.75 Å². The minimum absolute atomic E-state index is 0.0735. The van der Waals surface area contributed by atoms with Crippen molar-refractivity contribution < 1.29 is 9.53 Å². The van der Waals surface area contributed by atoms with E-state index in [9.17, 15) is 4.79 Å². The monoisotopic (exact) mass is 355 g/mol. The summed E-state index contributed by atoms with van der Waals surface area (Å²) in [6.45, 7) is 2.11. The molecule has 1 fully saturated rings. The Balaban J connectivity index is 1.77. The maximum atomic E-state index is 13.0. The quantitative estimate of drug-likeness (QED) is 0.517. The van der Waals surface area contributed by atoms with Crippen LogP contribution in [0.1, 0.15) is 18.1 Å². The number of hydrazine groups is 3. The molecule has 7 nitrogen and oxygen atoms in total. The lowest BCUT2D eigenvalue weighted by atomic mass is 9.95. The number of carbonyl (C=O) groups is 1. The van der Waals surface area contributed by atoms with Gasteiger partial charge in [-0.15, -0.1) is 0 Å². The molecule has 7 heteroatoms. The molecular weight excluding hydrogens is 330 g/mol. The number of para-hydroxylation sites is 1. The molecule has 1 aliphatic rings. The van der Waals surface area contributed by atoms with Gasteiger partial charge in [0.1, 0.15) is 5.75 Å². The van der Waals surface area contributed by atoms with Crippen LogP contribution in [-0.2, 0) is 17.6 Å². The first-order chi connectivity index (χ1) is 12.7. The van der Waals surface area contributed by atoms with E-state index in [1.165, 1.54) is 5.56 Å². The molecule has 0 bridgehead atoms. The molecule has 0 spiro atoms. The first kappa shape index (κ1) is 18.3. The summed E-state index contributed by atoms with van der Waals surface area (Å²) < 4.78 is 5.43. The van der Waals surface area contributed by atoms with Crippen LogP contribution in [0.4, 0.5) is 5.69 Å². The van der Waals surface area contributed by atoms with Crippen LogP contribution in [0.5, 0.6) is 5.75 Å². The van der Waals surface area contributed by atoms with Gasteiger partial charge in [0, 0.05) is 5.69 Å². The Hall–Kier alpha value is -2.45. The summed E-state index contributed by atoms with van der Waals surface area (Å²) in [5.74, 6) is 0.340. The lowest BCUT2D eigenvalue weighted by molar-refractivity contribution is -0.120. The Morgan fingerprint density at radius 3 is 2.46 bits per heavy atom. The summed E-state index contributed by atoms with van der Waals surface area (Å²) >= 11 is 0. The van der Waals surface area contributed by atoms with Crippen LogP contribution in [0.3, 0.4) is 0 Å². The van der Waals surface area contributed by atoms with Crippen molar-refractivity contribution in [1.29, 1.82) is 0 Å². The van der Waals surface area contributed by atoms with Crippen molar-refractivity contribution >= 4 is 11.6 Å². The number of aryl methyl sites for hydroxylation is 1. The predicted octanol–water partition coefficient (Wildman–Crippen LogP) is 1.50. The van der Waals surface area contributed by atoms with E-state index < -0.39 is 0 Å². The van der Waals surface area contributed by atoms with Crippen LogP contribution in [-0.4, -0.2) is 19.2 Å². The number of hydrogen-bond donors (Lipinski definition) is 5. The van der Waals surface area contributed by atoms with E-state index in [-0.39, 0.29) is 18.0 Å².